The number of ether oxygens (including phenoxy) is 2. The van der Waals surface area contributed by atoms with Crippen LogP contribution in [-0.2, 0) is 13.1 Å². The van der Waals surface area contributed by atoms with Gasteiger partial charge in [-0.2, -0.15) is 0 Å². The monoisotopic (exact) mass is 290 g/mol. The Labute approximate surface area is 125 Å². The van der Waals surface area contributed by atoms with Crippen LogP contribution in [0, 0.1) is 13.8 Å². The number of aryl methyl sites for hydroxylation is 2. The number of aromatic nitrogens is 1. The Balaban J connectivity index is 2.10. The molecule has 5 heteroatoms. The van der Waals surface area contributed by atoms with Crippen molar-refractivity contribution in [2.24, 2.45) is 0 Å². The lowest BCUT2D eigenvalue weighted by Gasteiger charge is -2.17. The van der Waals surface area contributed by atoms with Crippen molar-refractivity contribution in [1.82, 2.24) is 10.1 Å². The summed E-state index contributed by atoms with van der Waals surface area (Å²) in [5.41, 5.74) is 3.23. The molecule has 0 aliphatic heterocycles. The summed E-state index contributed by atoms with van der Waals surface area (Å²) >= 11 is 0. The highest BCUT2D eigenvalue weighted by molar-refractivity contribution is 5.38. The molecule has 0 saturated carbocycles. The molecule has 21 heavy (non-hydrogen) atoms. The highest BCUT2D eigenvalue weighted by atomic mass is 16.5. The third-order valence-electron chi connectivity index (χ3n) is 3.47. The first-order valence-corrected chi connectivity index (χ1v) is 6.85. The molecule has 0 N–H and O–H groups in total. The molecule has 0 radical (unpaired) electrons. The molecule has 1 aromatic carbocycles. The van der Waals surface area contributed by atoms with Crippen LogP contribution in [0.4, 0.5) is 0 Å². The minimum absolute atomic E-state index is 0.789. The van der Waals surface area contributed by atoms with Gasteiger partial charge in [-0.3, -0.25) is 4.90 Å². The maximum Gasteiger partial charge on any atom is 0.138 e. The van der Waals surface area contributed by atoms with E-state index in [2.05, 4.69) is 17.1 Å². The van der Waals surface area contributed by atoms with E-state index >= 15 is 0 Å². The molecular weight excluding hydrogens is 268 g/mol. The van der Waals surface area contributed by atoms with Crippen molar-refractivity contribution >= 4 is 0 Å². The summed E-state index contributed by atoms with van der Waals surface area (Å²) in [6.45, 7) is 5.49. The Morgan fingerprint density at radius 3 is 2.14 bits per heavy atom. The molecule has 1 aromatic heterocycles. The Bertz CT molecular complexity index is 566. The molecule has 5 nitrogen and oxygen atoms in total. The molecule has 2 rings (SSSR count). The van der Waals surface area contributed by atoms with E-state index in [1.54, 1.807) is 14.2 Å². The second-order valence-corrected chi connectivity index (χ2v) is 5.20. The van der Waals surface area contributed by atoms with Crippen LogP contribution in [0.2, 0.25) is 0 Å². The van der Waals surface area contributed by atoms with Gasteiger partial charge in [-0.15, -0.1) is 0 Å². The van der Waals surface area contributed by atoms with Gasteiger partial charge in [-0.25, -0.2) is 0 Å². The zero-order valence-corrected chi connectivity index (χ0v) is 13.3. The molecule has 0 fully saturated rings. The number of nitrogens with zero attached hydrogens (tertiary/aromatic N) is 2. The normalized spacial score (nSPS) is 11.0. The topological polar surface area (TPSA) is 47.7 Å². The summed E-state index contributed by atoms with van der Waals surface area (Å²) in [4.78, 5) is 2.21. The SMILES string of the molecule is COc1cc(CN(C)Cc2c(C)noc2C)cc(OC)c1. The molecule has 0 amide bonds. The molecule has 0 aliphatic rings. The van der Waals surface area contributed by atoms with E-state index in [0.717, 1.165) is 47.2 Å². The van der Waals surface area contributed by atoms with Crippen LogP contribution in [0.3, 0.4) is 0 Å². The average molecular weight is 290 g/mol. The van der Waals surface area contributed by atoms with Crippen LogP contribution < -0.4 is 9.47 Å². The fraction of sp³-hybridized carbons (Fsp3) is 0.438. The highest BCUT2D eigenvalue weighted by Crippen LogP contribution is 2.24. The van der Waals surface area contributed by atoms with Gasteiger partial charge in [0.05, 0.1) is 19.9 Å². The lowest BCUT2D eigenvalue weighted by atomic mass is 10.1. The fourth-order valence-corrected chi connectivity index (χ4v) is 2.32. The number of hydrogen-bond donors (Lipinski definition) is 0. The lowest BCUT2D eigenvalue weighted by molar-refractivity contribution is 0.313. The largest absolute Gasteiger partial charge is 0.497 e. The van der Waals surface area contributed by atoms with Crippen LogP contribution >= 0.6 is 0 Å². The second kappa shape index (κ2) is 6.63. The van der Waals surface area contributed by atoms with Crippen LogP contribution in [0.15, 0.2) is 22.7 Å². The van der Waals surface area contributed by atoms with Crippen LogP contribution in [-0.4, -0.2) is 31.3 Å². The van der Waals surface area contributed by atoms with E-state index in [4.69, 9.17) is 14.0 Å². The predicted molar refractivity (Wildman–Crippen MR) is 80.7 cm³/mol. The third-order valence-corrected chi connectivity index (χ3v) is 3.47. The Hall–Kier alpha value is -2.01. The van der Waals surface area contributed by atoms with Gasteiger partial charge in [0.2, 0.25) is 0 Å². The van der Waals surface area contributed by atoms with Crippen LogP contribution in [0.25, 0.3) is 0 Å². The molecule has 2 aromatic rings. The van der Waals surface area contributed by atoms with Crippen molar-refractivity contribution in [3.63, 3.8) is 0 Å². The molecule has 0 saturated heterocycles. The summed E-state index contributed by atoms with van der Waals surface area (Å²) in [6, 6.07) is 5.91. The zero-order valence-electron chi connectivity index (χ0n) is 13.3. The van der Waals surface area contributed by atoms with Gasteiger partial charge in [-0.05, 0) is 38.6 Å². The third kappa shape index (κ3) is 3.76. The van der Waals surface area contributed by atoms with Gasteiger partial charge >= 0.3 is 0 Å². The van der Waals surface area contributed by atoms with Gasteiger partial charge in [0, 0.05) is 24.7 Å². The lowest BCUT2D eigenvalue weighted by Crippen LogP contribution is -2.18. The quantitative estimate of drug-likeness (QED) is 0.818. The van der Waals surface area contributed by atoms with Crippen molar-refractivity contribution in [3.8, 4) is 11.5 Å². The molecule has 0 unspecified atom stereocenters. The fourth-order valence-electron chi connectivity index (χ4n) is 2.32. The maximum atomic E-state index is 5.30. The van der Waals surface area contributed by atoms with E-state index in [0.29, 0.717) is 0 Å². The maximum absolute atomic E-state index is 5.30. The summed E-state index contributed by atoms with van der Waals surface area (Å²) in [6.07, 6.45) is 0. The van der Waals surface area contributed by atoms with Gasteiger partial charge in [-0.1, -0.05) is 5.16 Å². The van der Waals surface area contributed by atoms with Crippen LogP contribution in [0.5, 0.6) is 11.5 Å². The highest BCUT2D eigenvalue weighted by Gasteiger charge is 2.12. The van der Waals surface area contributed by atoms with E-state index in [-0.39, 0.29) is 0 Å². The first-order valence-electron chi connectivity index (χ1n) is 6.85. The van der Waals surface area contributed by atoms with Crippen molar-refractivity contribution in [1.29, 1.82) is 0 Å². The minimum atomic E-state index is 0.789. The average Bonchev–Trinajstić information content (AvgIpc) is 2.78. The number of hydrogen-bond acceptors (Lipinski definition) is 5. The molecule has 0 aliphatic carbocycles. The molecule has 0 bridgehead atoms. The first kappa shape index (κ1) is 15.4. The summed E-state index contributed by atoms with van der Waals surface area (Å²) in [5, 5.41) is 3.99. The second-order valence-electron chi connectivity index (χ2n) is 5.20. The van der Waals surface area contributed by atoms with E-state index in [9.17, 15) is 0 Å². The number of rotatable bonds is 6. The van der Waals surface area contributed by atoms with Crippen molar-refractivity contribution < 1.29 is 14.0 Å². The summed E-state index contributed by atoms with van der Waals surface area (Å²) < 4.78 is 15.8. The standard InChI is InChI=1S/C16H22N2O3/c1-11-16(12(2)21-17-11)10-18(3)9-13-6-14(19-4)8-15(7-13)20-5/h6-8H,9-10H2,1-5H3. The summed E-state index contributed by atoms with van der Waals surface area (Å²) in [5.74, 6) is 2.48. The van der Waals surface area contributed by atoms with Gasteiger partial charge < -0.3 is 14.0 Å². The Morgan fingerprint density at radius 1 is 1.05 bits per heavy atom. The van der Waals surface area contributed by atoms with E-state index < -0.39 is 0 Å². The Kier molecular flexibility index (Phi) is 4.85. The van der Waals surface area contributed by atoms with Gasteiger partial charge in [0.25, 0.3) is 0 Å². The minimum Gasteiger partial charge on any atom is -0.497 e. The molecule has 114 valence electrons. The predicted octanol–water partition coefficient (Wildman–Crippen LogP) is 2.94. The van der Waals surface area contributed by atoms with Crippen molar-refractivity contribution in [2.75, 3.05) is 21.3 Å². The Morgan fingerprint density at radius 2 is 1.67 bits per heavy atom. The molecular formula is C16H22N2O3. The van der Waals surface area contributed by atoms with E-state index in [1.807, 2.05) is 32.0 Å². The molecule has 0 atom stereocenters. The summed E-state index contributed by atoms with van der Waals surface area (Å²) in [7, 11) is 5.39. The smallest absolute Gasteiger partial charge is 0.138 e. The van der Waals surface area contributed by atoms with Crippen LogP contribution in [0.1, 0.15) is 22.6 Å². The number of methoxy groups -OCH3 is 2. The van der Waals surface area contributed by atoms with E-state index in [1.165, 1.54) is 0 Å². The zero-order chi connectivity index (χ0) is 15.4. The first-order chi connectivity index (χ1) is 10.0. The van der Waals surface area contributed by atoms with Gasteiger partial charge in [0.15, 0.2) is 0 Å². The van der Waals surface area contributed by atoms with Gasteiger partial charge in [0.1, 0.15) is 17.3 Å². The molecule has 0 spiro atoms. The number of benzene rings is 1. The van der Waals surface area contributed by atoms with Crippen molar-refractivity contribution in [2.45, 2.75) is 26.9 Å². The molecule has 1 heterocycles. The van der Waals surface area contributed by atoms with Crippen molar-refractivity contribution in [3.05, 3.63) is 40.8 Å².